The molecular formula is C15H17N3O3. The van der Waals surface area contributed by atoms with Crippen LogP contribution < -0.4 is 10.5 Å². The van der Waals surface area contributed by atoms with Crippen LogP contribution in [-0.2, 0) is 0 Å². The van der Waals surface area contributed by atoms with Gasteiger partial charge in [0.25, 0.3) is 0 Å². The Balaban J connectivity index is 2.24. The number of rotatable bonds is 5. The molecule has 0 aliphatic heterocycles. The molecule has 0 saturated carbocycles. The molecule has 0 saturated heterocycles. The Kier molecular flexibility index (Phi) is 4.37. The maximum absolute atomic E-state index is 11.0. The third-order valence-electron chi connectivity index (χ3n) is 2.70. The van der Waals surface area contributed by atoms with Gasteiger partial charge in [0.05, 0.1) is 12.3 Å². The quantitative estimate of drug-likeness (QED) is 0.876. The smallest absolute Gasteiger partial charge is 0.354 e. The SMILES string of the molecule is CC(C)COc1ccc(-c2cc(C(=O)O)nc(N)n2)cc1. The lowest BCUT2D eigenvalue weighted by atomic mass is 10.1. The maximum atomic E-state index is 11.0. The van der Waals surface area contributed by atoms with Gasteiger partial charge in [-0.1, -0.05) is 13.8 Å². The molecule has 0 fully saturated rings. The van der Waals surface area contributed by atoms with Crippen LogP contribution in [0.1, 0.15) is 24.3 Å². The summed E-state index contributed by atoms with van der Waals surface area (Å²) in [6.45, 7) is 4.79. The number of carboxylic acid groups (broad SMARTS) is 1. The Hall–Kier alpha value is -2.63. The van der Waals surface area contributed by atoms with Crippen LogP contribution in [0.4, 0.5) is 5.95 Å². The molecule has 0 aliphatic carbocycles. The van der Waals surface area contributed by atoms with Crippen LogP contribution in [0.3, 0.4) is 0 Å². The van der Waals surface area contributed by atoms with E-state index >= 15 is 0 Å². The Labute approximate surface area is 122 Å². The number of aromatic carboxylic acids is 1. The van der Waals surface area contributed by atoms with E-state index in [9.17, 15) is 4.79 Å². The first-order valence-electron chi connectivity index (χ1n) is 6.57. The number of aromatic nitrogens is 2. The molecule has 3 N–H and O–H groups in total. The fourth-order valence-corrected chi connectivity index (χ4v) is 1.71. The molecular weight excluding hydrogens is 270 g/mol. The van der Waals surface area contributed by atoms with Gasteiger partial charge in [-0.15, -0.1) is 0 Å². The van der Waals surface area contributed by atoms with Gasteiger partial charge in [-0.2, -0.15) is 0 Å². The number of anilines is 1. The van der Waals surface area contributed by atoms with E-state index in [1.54, 1.807) is 0 Å². The maximum Gasteiger partial charge on any atom is 0.354 e. The first-order valence-corrected chi connectivity index (χ1v) is 6.57. The highest BCUT2D eigenvalue weighted by molar-refractivity contribution is 5.87. The van der Waals surface area contributed by atoms with E-state index in [2.05, 4.69) is 23.8 Å². The number of ether oxygens (including phenoxy) is 1. The molecule has 0 bridgehead atoms. The highest BCUT2D eigenvalue weighted by atomic mass is 16.5. The lowest BCUT2D eigenvalue weighted by Gasteiger charge is -2.09. The molecule has 110 valence electrons. The third-order valence-corrected chi connectivity index (χ3v) is 2.70. The fourth-order valence-electron chi connectivity index (χ4n) is 1.71. The molecule has 1 heterocycles. The second-order valence-electron chi connectivity index (χ2n) is 5.03. The van der Waals surface area contributed by atoms with Crippen molar-refractivity contribution in [3.8, 4) is 17.0 Å². The van der Waals surface area contributed by atoms with Gasteiger partial charge >= 0.3 is 5.97 Å². The van der Waals surface area contributed by atoms with Crippen LogP contribution in [0, 0.1) is 5.92 Å². The van der Waals surface area contributed by atoms with Crippen LogP contribution in [0.25, 0.3) is 11.3 Å². The summed E-state index contributed by atoms with van der Waals surface area (Å²) in [4.78, 5) is 18.7. The van der Waals surface area contributed by atoms with Gasteiger partial charge in [0, 0.05) is 5.56 Å². The predicted octanol–water partition coefficient (Wildman–Crippen LogP) is 2.46. The summed E-state index contributed by atoms with van der Waals surface area (Å²) in [5, 5.41) is 8.98. The van der Waals surface area contributed by atoms with Crippen LogP contribution in [0.2, 0.25) is 0 Å². The van der Waals surface area contributed by atoms with Crippen LogP contribution in [-0.4, -0.2) is 27.7 Å². The summed E-state index contributed by atoms with van der Waals surface area (Å²) >= 11 is 0. The topological polar surface area (TPSA) is 98.3 Å². The van der Waals surface area contributed by atoms with Gasteiger partial charge in [0.15, 0.2) is 5.69 Å². The molecule has 1 aromatic carbocycles. The molecule has 0 spiro atoms. The predicted molar refractivity (Wildman–Crippen MR) is 79.2 cm³/mol. The van der Waals surface area contributed by atoms with Crippen LogP contribution in [0.15, 0.2) is 30.3 Å². The molecule has 0 aliphatic rings. The summed E-state index contributed by atoms with van der Waals surface area (Å²) in [5.41, 5.74) is 6.63. The first-order chi connectivity index (χ1) is 9.95. The average Bonchev–Trinajstić information content (AvgIpc) is 2.45. The van der Waals surface area contributed by atoms with Crippen molar-refractivity contribution in [2.75, 3.05) is 12.3 Å². The van der Waals surface area contributed by atoms with Crippen molar-refractivity contribution in [2.24, 2.45) is 5.92 Å². The number of benzene rings is 1. The van der Waals surface area contributed by atoms with Gasteiger partial charge in [-0.25, -0.2) is 14.8 Å². The lowest BCUT2D eigenvalue weighted by molar-refractivity contribution is 0.0690. The van der Waals surface area contributed by atoms with Crippen molar-refractivity contribution in [3.05, 3.63) is 36.0 Å². The minimum atomic E-state index is -1.14. The summed E-state index contributed by atoms with van der Waals surface area (Å²) in [6.07, 6.45) is 0. The van der Waals surface area contributed by atoms with Gasteiger partial charge < -0.3 is 15.6 Å². The van der Waals surface area contributed by atoms with Crippen molar-refractivity contribution in [3.63, 3.8) is 0 Å². The Morgan fingerprint density at radius 3 is 2.52 bits per heavy atom. The van der Waals surface area contributed by atoms with Gasteiger partial charge in [0.1, 0.15) is 5.75 Å². The van der Waals surface area contributed by atoms with E-state index in [1.165, 1.54) is 6.07 Å². The van der Waals surface area contributed by atoms with E-state index in [1.807, 2.05) is 24.3 Å². The van der Waals surface area contributed by atoms with E-state index < -0.39 is 5.97 Å². The summed E-state index contributed by atoms with van der Waals surface area (Å²) < 4.78 is 5.59. The minimum Gasteiger partial charge on any atom is -0.493 e. The van der Waals surface area contributed by atoms with Crippen molar-refractivity contribution >= 4 is 11.9 Å². The average molecular weight is 287 g/mol. The lowest BCUT2D eigenvalue weighted by Crippen LogP contribution is -2.06. The molecule has 1 aromatic heterocycles. The van der Waals surface area contributed by atoms with Crippen molar-refractivity contribution < 1.29 is 14.6 Å². The Morgan fingerprint density at radius 2 is 1.95 bits per heavy atom. The number of nitrogen functional groups attached to an aromatic ring is 1. The zero-order valence-electron chi connectivity index (χ0n) is 11.9. The Morgan fingerprint density at radius 1 is 1.29 bits per heavy atom. The molecule has 6 nitrogen and oxygen atoms in total. The van der Waals surface area contributed by atoms with E-state index in [4.69, 9.17) is 15.6 Å². The number of nitrogens with two attached hydrogens (primary N) is 1. The van der Waals surface area contributed by atoms with E-state index in [0.717, 1.165) is 11.3 Å². The molecule has 6 heteroatoms. The number of hydrogen-bond donors (Lipinski definition) is 2. The van der Waals surface area contributed by atoms with E-state index in [-0.39, 0.29) is 11.6 Å². The van der Waals surface area contributed by atoms with Gasteiger partial charge in [0.2, 0.25) is 5.95 Å². The first kappa shape index (κ1) is 14.8. The molecule has 0 radical (unpaired) electrons. The van der Waals surface area contributed by atoms with Crippen molar-refractivity contribution in [1.29, 1.82) is 0 Å². The Bertz CT molecular complexity index is 639. The third kappa shape index (κ3) is 3.92. The molecule has 0 amide bonds. The molecule has 0 atom stereocenters. The molecule has 2 aromatic rings. The standard InChI is InChI=1S/C15H17N3O3/c1-9(2)8-21-11-5-3-10(4-6-11)12-7-13(14(19)20)18-15(16)17-12/h3-7,9H,8H2,1-2H3,(H,19,20)(H2,16,17,18). The van der Waals surface area contributed by atoms with Gasteiger partial charge in [-0.05, 0) is 36.2 Å². The number of nitrogens with zero attached hydrogens (tertiary/aromatic N) is 2. The van der Waals surface area contributed by atoms with Crippen LogP contribution in [0.5, 0.6) is 5.75 Å². The van der Waals surface area contributed by atoms with Crippen molar-refractivity contribution in [2.45, 2.75) is 13.8 Å². The highest BCUT2D eigenvalue weighted by Crippen LogP contribution is 2.22. The minimum absolute atomic E-state index is 0.0648. The summed E-state index contributed by atoms with van der Waals surface area (Å²) in [6, 6.07) is 8.64. The van der Waals surface area contributed by atoms with Crippen molar-refractivity contribution in [1.82, 2.24) is 9.97 Å². The second-order valence-corrected chi connectivity index (χ2v) is 5.03. The van der Waals surface area contributed by atoms with Gasteiger partial charge in [-0.3, -0.25) is 0 Å². The zero-order chi connectivity index (χ0) is 15.4. The largest absolute Gasteiger partial charge is 0.493 e. The second kappa shape index (κ2) is 6.21. The zero-order valence-corrected chi connectivity index (χ0v) is 11.9. The molecule has 21 heavy (non-hydrogen) atoms. The van der Waals surface area contributed by atoms with E-state index in [0.29, 0.717) is 18.2 Å². The van der Waals surface area contributed by atoms with Crippen LogP contribution >= 0.6 is 0 Å². The molecule has 2 rings (SSSR count). The monoisotopic (exact) mass is 287 g/mol. The molecule has 0 unspecified atom stereocenters. The number of carboxylic acids is 1. The number of carbonyl (C=O) groups is 1. The number of hydrogen-bond acceptors (Lipinski definition) is 5. The summed E-state index contributed by atoms with van der Waals surface area (Å²) in [7, 11) is 0. The summed E-state index contributed by atoms with van der Waals surface area (Å²) in [5.74, 6) is 0.00433. The highest BCUT2D eigenvalue weighted by Gasteiger charge is 2.10. The fraction of sp³-hybridized carbons (Fsp3) is 0.267. The normalized spacial score (nSPS) is 10.6.